The Labute approximate surface area is 112 Å². The number of hydrogen-bond acceptors (Lipinski definition) is 3. The molecule has 6 nitrogen and oxygen atoms in total. The Balaban J connectivity index is 1.63. The third-order valence-corrected chi connectivity index (χ3v) is 2.93. The Morgan fingerprint density at radius 1 is 1.37 bits per heavy atom. The van der Waals surface area contributed by atoms with Crippen molar-refractivity contribution in [3.8, 4) is 0 Å². The molecular formula is C13H19N5O. The number of carbonyl (C=O) groups excluding carboxylic acids is 1. The third kappa shape index (κ3) is 4.24. The average molecular weight is 261 g/mol. The van der Waals surface area contributed by atoms with Crippen LogP contribution in [0.25, 0.3) is 0 Å². The van der Waals surface area contributed by atoms with E-state index in [-0.39, 0.29) is 11.8 Å². The molecule has 2 aromatic heterocycles. The lowest BCUT2D eigenvalue weighted by Gasteiger charge is -2.12. The van der Waals surface area contributed by atoms with Crippen LogP contribution in [-0.2, 0) is 17.9 Å². The monoisotopic (exact) mass is 261 g/mol. The van der Waals surface area contributed by atoms with Gasteiger partial charge in [0.05, 0.1) is 12.5 Å². The normalized spacial score (nSPS) is 12.3. The lowest BCUT2D eigenvalue weighted by atomic mass is 10.1. The Morgan fingerprint density at radius 2 is 2.16 bits per heavy atom. The summed E-state index contributed by atoms with van der Waals surface area (Å²) >= 11 is 0. The van der Waals surface area contributed by atoms with Crippen LogP contribution in [0, 0.1) is 5.92 Å². The van der Waals surface area contributed by atoms with Gasteiger partial charge in [-0.25, -0.2) is 4.98 Å². The second-order valence-electron chi connectivity index (χ2n) is 4.58. The number of hydrogen-bond donors (Lipinski definition) is 1. The van der Waals surface area contributed by atoms with Crippen LogP contribution in [-0.4, -0.2) is 31.8 Å². The number of rotatable bonds is 7. The maximum absolute atomic E-state index is 11.9. The lowest BCUT2D eigenvalue weighted by molar-refractivity contribution is -0.124. The number of carbonyl (C=O) groups is 1. The van der Waals surface area contributed by atoms with E-state index >= 15 is 0 Å². The van der Waals surface area contributed by atoms with E-state index in [1.807, 2.05) is 31.5 Å². The fraction of sp³-hybridized carbons (Fsp3) is 0.462. The second kappa shape index (κ2) is 6.72. The predicted octanol–water partition coefficient (Wildman–Crippen LogP) is 0.922. The van der Waals surface area contributed by atoms with Crippen molar-refractivity contribution in [2.75, 3.05) is 6.54 Å². The van der Waals surface area contributed by atoms with Gasteiger partial charge in [0, 0.05) is 25.5 Å². The molecule has 0 bridgehead atoms. The Hall–Kier alpha value is -2.11. The number of nitrogens with zero attached hydrogens (tertiary/aromatic N) is 4. The molecule has 0 aliphatic heterocycles. The van der Waals surface area contributed by atoms with Gasteiger partial charge in [-0.15, -0.1) is 0 Å². The van der Waals surface area contributed by atoms with Crippen LogP contribution < -0.4 is 5.32 Å². The second-order valence-corrected chi connectivity index (χ2v) is 4.58. The van der Waals surface area contributed by atoms with Crippen molar-refractivity contribution in [1.82, 2.24) is 24.6 Å². The lowest BCUT2D eigenvalue weighted by Crippen LogP contribution is -2.32. The van der Waals surface area contributed by atoms with Crippen molar-refractivity contribution >= 4 is 5.91 Å². The van der Waals surface area contributed by atoms with Gasteiger partial charge in [-0.05, 0) is 18.6 Å². The van der Waals surface area contributed by atoms with Crippen LogP contribution in [0.4, 0.5) is 0 Å². The van der Waals surface area contributed by atoms with Crippen LogP contribution >= 0.6 is 0 Å². The van der Waals surface area contributed by atoms with Gasteiger partial charge >= 0.3 is 0 Å². The molecule has 0 spiro atoms. The zero-order valence-electron chi connectivity index (χ0n) is 11.1. The summed E-state index contributed by atoms with van der Waals surface area (Å²) in [5.74, 6) is -0.0451. The summed E-state index contributed by atoms with van der Waals surface area (Å²) < 4.78 is 3.77. The molecule has 1 amide bonds. The number of amides is 1. The molecule has 0 fully saturated rings. The van der Waals surface area contributed by atoms with Crippen molar-refractivity contribution in [3.63, 3.8) is 0 Å². The zero-order valence-corrected chi connectivity index (χ0v) is 11.1. The summed E-state index contributed by atoms with van der Waals surface area (Å²) in [4.78, 5) is 15.7. The SMILES string of the molecule is CC(Cn1cncn1)C(=O)NCCCn1cccc1. The van der Waals surface area contributed by atoms with Gasteiger partial charge in [0.2, 0.25) is 5.91 Å². The van der Waals surface area contributed by atoms with Gasteiger partial charge in [-0.2, -0.15) is 5.10 Å². The highest BCUT2D eigenvalue weighted by atomic mass is 16.1. The van der Waals surface area contributed by atoms with E-state index in [9.17, 15) is 4.79 Å². The quantitative estimate of drug-likeness (QED) is 0.754. The Kier molecular flexibility index (Phi) is 4.72. The van der Waals surface area contributed by atoms with E-state index in [0.29, 0.717) is 13.1 Å². The molecule has 0 aromatic carbocycles. The van der Waals surface area contributed by atoms with Crippen LogP contribution in [0.15, 0.2) is 37.2 Å². The predicted molar refractivity (Wildman–Crippen MR) is 71.2 cm³/mol. The molecule has 6 heteroatoms. The summed E-state index contributed by atoms with van der Waals surface area (Å²) in [5.41, 5.74) is 0. The van der Waals surface area contributed by atoms with Crippen molar-refractivity contribution in [2.45, 2.75) is 26.4 Å². The van der Waals surface area contributed by atoms with Crippen molar-refractivity contribution in [3.05, 3.63) is 37.2 Å². The molecule has 0 saturated carbocycles. The van der Waals surface area contributed by atoms with Crippen molar-refractivity contribution < 1.29 is 4.79 Å². The molecule has 0 aliphatic carbocycles. The fourth-order valence-electron chi connectivity index (χ4n) is 1.86. The first-order valence-corrected chi connectivity index (χ1v) is 6.46. The Bertz CT molecular complexity index is 477. The van der Waals surface area contributed by atoms with Gasteiger partial charge in [0.1, 0.15) is 12.7 Å². The summed E-state index contributed by atoms with van der Waals surface area (Å²) in [6, 6.07) is 4.00. The Morgan fingerprint density at radius 3 is 2.84 bits per heavy atom. The van der Waals surface area contributed by atoms with E-state index in [1.165, 1.54) is 6.33 Å². The average Bonchev–Trinajstić information content (AvgIpc) is 3.07. The standard InChI is InChI=1S/C13H19N5O/c1-12(9-18-11-14-10-16-18)13(19)15-5-4-8-17-6-2-3-7-17/h2-3,6-7,10-12H,4-5,8-9H2,1H3,(H,15,19). The van der Waals surface area contributed by atoms with Crippen LogP contribution in [0.3, 0.4) is 0 Å². The molecule has 2 rings (SSSR count). The topological polar surface area (TPSA) is 64.7 Å². The van der Waals surface area contributed by atoms with Crippen molar-refractivity contribution in [2.24, 2.45) is 5.92 Å². The van der Waals surface area contributed by atoms with Crippen LogP contribution in [0.2, 0.25) is 0 Å². The van der Waals surface area contributed by atoms with Crippen molar-refractivity contribution in [1.29, 1.82) is 0 Å². The molecule has 1 N–H and O–H groups in total. The highest BCUT2D eigenvalue weighted by Crippen LogP contribution is 1.99. The fourth-order valence-corrected chi connectivity index (χ4v) is 1.86. The van der Waals surface area contributed by atoms with Gasteiger partial charge < -0.3 is 9.88 Å². The number of aromatic nitrogens is 4. The minimum Gasteiger partial charge on any atom is -0.356 e. The maximum atomic E-state index is 11.9. The first-order chi connectivity index (χ1) is 9.25. The van der Waals surface area contributed by atoms with Gasteiger partial charge in [0.25, 0.3) is 0 Å². The summed E-state index contributed by atoms with van der Waals surface area (Å²) in [5, 5.41) is 6.93. The van der Waals surface area contributed by atoms with Gasteiger partial charge in [0.15, 0.2) is 0 Å². The highest BCUT2D eigenvalue weighted by molar-refractivity contribution is 5.78. The van der Waals surface area contributed by atoms with Crippen LogP contribution in [0.5, 0.6) is 0 Å². The molecular weight excluding hydrogens is 242 g/mol. The van der Waals surface area contributed by atoms with E-state index < -0.39 is 0 Å². The summed E-state index contributed by atoms with van der Waals surface area (Å²) in [7, 11) is 0. The molecule has 1 unspecified atom stereocenters. The molecule has 1 atom stereocenters. The molecule has 0 aliphatic rings. The minimum absolute atomic E-state index is 0.0583. The molecule has 19 heavy (non-hydrogen) atoms. The maximum Gasteiger partial charge on any atom is 0.224 e. The number of aryl methyl sites for hydroxylation is 1. The van der Waals surface area contributed by atoms with Crippen LogP contribution in [0.1, 0.15) is 13.3 Å². The summed E-state index contributed by atoms with van der Waals surface area (Å²) in [6.07, 6.45) is 8.07. The smallest absolute Gasteiger partial charge is 0.224 e. The highest BCUT2D eigenvalue weighted by Gasteiger charge is 2.12. The molecule has 2 aromatic rings. The largest absolute Gasteiger partial charge is 0.356 e. The van der Waals surface area contributed by atoms with Gasteiger partial charge in [-0.1, -0.05) is 6.92 Å². The minimum atomic E-state index is -0.103. The molecule has 2 heterocycles. The van der Waals surface area contributed by atoms with E-state index in [2.05, 4.69) is 20.0 Å². The first kappa shape index (κ1) is 13.3. The zero-order chi connectivity index (χ0) is 13.5. The summed E-state index contributed by atoms with van der Waals surface area (Å²) in [6.45, 7) is 4.07. The van der Waals surface area contributed by atoms with E-state index in [4.69, 9.17) is 0 Å². The number of nitrogens with one attached hydrogen (secondary N) is 1. The third-order valence-electron chi connectivity index (χ3n) is 2.93. The molecule has 0 radical (unpaired) electrons. The van der Waals surface area contributed by atoms with E-state index in [1.54, 1.807) is 11.0 Å². The molecule has 102 valence electrons. The van der Waals surface area contributed by atoms with Gasteiger partial charge in [-0.3, -0.25) is 9.48 Å². The molecule has 0 saturated heterocycles. The van der Waals surface area contributed by atoms with E-state index in [0.717, 1.165) is 13.0 Å². The first-order valence-electron chi connectivity index (χ1n) is 6.46.